The molecule has 0 spiro atoms. The van der Waals surface area contributed by atoms with Gasteiger partial charge in [0.1, 0.15) is 0 Å². The molecule has 1 aromatic rings. The molecule has 0 aromatic carbocycles. The van der Waals surface area contributed by atoms with Gasteiger partial charge in [-0.25, -0.2) is 0 Å². The molecule has 0 saturated carbocycles. The Hall–Kier alpha value is -0.340. The highest BCUT2D eigenvalue weighted by molar-refractivity contribution is 7.12. The number of rotatable bonds is 12. The van der Waals surface area contributed by atoms with E-state index in [1.54, 1.807) is 9.75 Å². The van der Waals surface area contributed by atoms with Crippen LogP contribution >= 0.6 is 11.3 Å². The standard InChI is InChI=1S/C21H37NS/c1-3-4-5-6-7-8-9-10-11-12-14-19-16-17-21(23-19)20-15-13-18-22(20)2/h16-17,20H,3-15,18H2,1-2H3. The first-order chi connectivity index (χ1) is 11.3. The fourth-order valence-electron chi connectivity index (χ4n) is 3.76. The van der Waals surface area contributed by atoms with Gasteiger partial charge in [0, 0.05) is 15.8 Å². The van der Waals surface area contributed by atoms with Crippen LogP contribution in [0.3, 0.4) is 0 Å². The van der Waals surface area contributed by atoms with Gasteiger partial charge in [-0.05, 0) is 51.4 Å². The Kier molecular flexibility index (Phi) is 9.29. The smallest absolute Gasteiger partial charge is 0.0439 e. The summed E-state index contributed by atoms with van der Waals surface area (Å²) in [5, 5.41) is 0. The minimum absolute atomic E-state index is 0.710. The van der Waals surface area contributed by atoms with Crippen molar-refractivity contribution in [2.24, 2.45) is 0 Å². The van der Waals surface area contributed by atoms with E-state index in [2.05, 4.69) is 42.3 Å². The first-order valence-electron chi connectivity index (χ1n) is 10.1. The van der Waals surface area contributed by atoms with Crippen molar-refractivity contribution in [1.29, 1.82) is 0 Å². The molecule has 1 aromatic heterocycles. The van der Waals surface area contributed by atoms with Crippen molar-refractivity contribution in [2.45, 2.75) is 96.4 Å². The summed E-state index contributed by atoms with van der Waals surface area (Å²) >= 11 is 2.07. The maximum atomic E-state index is 2.52. The Bertz CT molecular complexity index is 412. The fourth-order valence-corrected chi connectivity index (χ4v) is 5.02. The lowest BCUT2D eigenvalue weighted by Crippen LogP contribution is -2.16. The van der Waals surface area contributed by atoms with Gasteiger partial charge in [0.15, 0.2) is 0 Å². The Morgan fingerprint density at radius 2 is 1.61 bits per heavy atom. The molecule has 1 unspecified atom stereocenters. The lowest BCUT2D eigenvalue weighted by Gasteiger charge is -2.17. The van der Waals surface area contributed by atoms with Crippen LogP contribution in [0.2, 0.25) is 0 Å². The zero-order valence-corrected chi connectivity index (χ0v) is 16.3. The molecule has 2 heteroatoms. The third-order valence-corrected chi connectivity index (χ3v) is 6.55. The largest absolute Gasteiger partial charge is 0.299 e. The molecular formula is C21H37NS. The van der Waals surface area contributed by atoms with Crippen LogP contribution in [-0.4, -0.2) is 18.5 Å². The lowest BCUT2D eigenvalue weighted by molar-refractivity contribution is 0.321. The molecule has 1 atom stereocenters. The van der Waals surface area contributed by atoms with E-state index in [1.165, 1.54) is 90.0 Å². The molecule has 132 valence electrons. The van der Waals surface area contributed by atoms with Crippen molar-refractivity contribution >= 4 is 11.3 Å². The number of aryl methyl sites for hydroxylation is 1. The fraction of sp³-hybridized carbons (Fsp3) is 0.810. The van der Waals surface area contributed by atoms with Crippen LogP contribution in [0.1, 0.15) is 99.8 Å². The Morgan fingerprint density at radius 3 is 2.22 bits per heavy atom. The third-order valence-electron chi connectivity index (χ3n) is 5.31. The molecule has 1 fully saturated rings. The second-order valence-electron chi connectivity index (χ2n) is 7.37. The summed E-state index contributed by atoms with van der Waals surface area (Å²) in [7, 11) is 2.28. The number of hydrogen-bond acceptors (Lipinski definition) is 2. The molecule has 1 saturated heterocycles. The van der Waals surface area contributed by atoms with Gasteiger partial charge in [0.05, 0.1) is 0 Å². The second-order valence-corrected chi connectivity index (χ2v) is 8.57. The summed E-state index contributed by atoms with van der Waals surface area (Å²) in [6.45, 7) is 3.57. The maximum absolute atomic E-state index is 2.52. The monoisotopic (exact) mass is 335 g/mol. The number of likely N-dealkylation sites (tertiary alicyclic amines) is 1. The highest BCUT2D eigenvalue weighted by Gasteiger charge is 2.23. The number of thiophene rings is 1. The van der Waals surface area contributed by atoms with E-state index < -0.39 is 0 Å². The highest BCUT2D eigenvalue weighted by Crippen LogP contribution is 2.35. The average molecular weight is 336 g/mol. The summed E-state index contributed by atoms with van der Waals surface area (Å²) < 4.78 is 0. The van der Waals surface area contributed by atoms with E-state index in [1.807, 2.05) is 0 Å². The predicted octanol–water partition coefficient (Wildman–Crippen LogP) is 6.98. The van der Waals surface area contributed by atoms with Crippen LogP contribution in [0.4, 0.5) is 0 Å². The first kappa shape index (κ1) is 19.0. The molecule has 1 aliphatic heterocycles. The normalized spacial score (nSPS) is 18.8. The molecule has 2 heterocycles. The molecule has 0 aliphatic carbocycles. The molecule has 0 amide bonds. The van der Waals surface area contributed by atoms with Crippen molar-refractivity contribution in [2.75, 3.05) is 13.6 Å². The molecular weight excluding hydrogens is 298 g/mol. The minimum Gasteiger partial charge on any atom is -0.299 e. The first-order valence-corrected chi connectivity index (χ1v) is 10.9. The van der Waals surface area contributed by atoms with Crippen molar-refractivity contribution in [3.63, 3.8) is 0 Å². The van der Waals surface area contributed by atoms with E-state index in [0.717, 1.165) is 0 Å². The molecule has 23 heavy (non-hydrogen) atoms. The van der Waals surface area contributed by atoms with Crippen LogP contribution in [0.25, 0.3) is 0 Å². The maximum Gasteiger partial charge on any atom is 0.0439 e. The molecule has 2 rings (SSSR count). The third kappa shape index (κ3) is 6.97. The lowest BCUT2D eigenvalue weighted by atomic mass is 10.1. The molecule has 0 N–H and O–H groups in total. The van der Waals surface area contributed by atoms with Crippen LogP contribution in [0, 0.1) is 0 Å². The van der Waals surface area contributed by atoms with Gasteiger partial charge in [-0.2, -0.15) is 0 Å². The SMILES string of the molecule is CCCCCCCCCCCCc1ccc(C2CCCN2C)s1. The summed E-state index contributed by atoms with van der Waals surface area (Å²) in [6, 6.07) is 5.49. The van der Waals surface area contributed by atoms with E-state index in [-0.39, 0.29) is 0 Å². The van der Waals surface area contributed by atoms with Gasteiger partial charge in [0.25, 0.3) is 0 Å². The van der Waals surface area contributed by atoms with Gasteiger partial charge in [-0.15, -0.1) is 11.3 Å². The van der Waals surface area contributed by atoms with Crippen molar-refractivity contribution in [1.82, 2.24) is 4.90 Å². The Labute approximate surface area is 148 Å². The quantitative estimate of drug-likeness (QED) is 0.372. The summed E-state index contributed by atoms with van der Waals surface area (Å²) in [4.78, 5) is 5.74. The van der Waals surface area contributed by atoms with Gasteiger partial charge in [0.2, 0.25) is 0 Å². The van der Waals surface area contributed by atoms with E-state index in [0.29, 0.717) is 6.04 Å². The van der Waals surface area contributed by atoms with Crippen LogP contribution in [-0.2, 0) is 6.42 Å². The highest BCUT2D eigenvalue weighted by atomic mass is 32.1. The Balaban J connectivity index is 1.49. The van der Waals surface area contributed by atoms with Gasteiger partial charge < -0.3 is 0 Å². The van der Waals surface area contributed by atoms with E-state index in [9.17, 15) is 0 Å². The minimum atomic E-state index is 0.710. The van der Waals surface area contributed by atoms with Crippen molar-refractivity contribution in [3.8, 4) is 0 Å². The number of hydrogen-bond donors (Lipinski definition) is 0. The summed E-state index contributed by atoms with van der Waals surface area (Å²) in [5.74, 6) is 0. The van der Waals surface area contributed by atoms with Gasteiger partial charge in [-0.3, -0.25) is 4.90 Å². The number of nitrogens with zero attached hydrogens (tertiary/aromatic N) is 1. The molecule has 0 bridgehead atoms. The molecule has 1 aliphatic rings. The average Bonchev–Trinajstić information content (AvgIpc) is 3.18. The summed E-state index contributed by atoms with van der Waals surface area (Å²) in [6.07, 6.45) is 18.4. The summed E-state index contributed by atoms with van der Waals surface area (Å²) in [5.41, 5.74) is 0. The van der Waals surface area contributed by atoms with Crippen LogP contribution in [0.15, 0.2) is 12.1 Å². The van der Waals surface area contributed by atoms with Crippen molar-refractivity contribution < 1.29 is 0 Å². The topological polar surface area (TPSA) is 3.24 Å². The van der Waals surface area contributed by atoms with E-state index in [4.69, 9.17) is 0 Å². The van der Waals surface area contributed by atoms with Crippen LogP contribution < -0.4 is 0 Å². The zero-order chi connectivity index (χ0) is 16.3. The van der Waals surface area contributed by atoms with E-state index >= 15 is 0 Å². The van der Waals surface area contributed by atoms with Gasteiger partial charge in [-0.1, -0.05) is 64.7 Å². The second kappa shape index (κ2) is 11.3. The Morgan fingerprint density at radius 1 is 0.957 bits per heavy atom. The number of unbranched alkanes of at least 4 members (excludes halogenated alkanes) is 9. The van der Waals surface area contributed by atoms with Gasteiger partial charge >= 0.3 is 0 Å². The molecule has 0 radical (unpaired) electrons. The predicted molar refractivity (Wildman–Crippen MR) is 104 cm³/mol. The zero-order valence-electron chi connectivity index (χ0n) is 15.5. The molecule has 1 nitrogen and oxygen atoms in total. The van der Waals surface area contributed by atoms with Crippen LogP contribution in [0.5, 0.6) is 0 Å². The van der Waals surface area contributed by atoms with Crippen molar-refractivity contribution in [3.05, 3.63) is 21.9 Å².